The van der Waals surface area contributed by atoms with Gasteiger partial charge in [0.25, 0.3) is 11.7 Å². The van der Waals surface area contributed by atoms with Crippen LogP contribution in [-0.4, -0.2) is 56.2 Å². The van der Waals surface area contributed by atoms with Gasteiger partial charge in [0, 0.05) is 31.0 Å². The highest BCUT2D eigenvalue weighted by molar-refractivity contribution is 6.51. The number of amides is 1. The fourth-order valence-electron chi connectivity index (χ4n) is 4.46. The maximum Gasteiger partial charge on any atom is 0.307 e. The highest BCUT2D eigenvalue weighted by Gasteiger charge is 2.47. The number of aliphatic hydroxyl groups excluding tert-OH is 1. The van der Waals surface area contributed by atoms with E-state index in [2.05, 4.69) is 0 Å². The van der Waals surface area contributed by atoms with Gasteiger partial charge in [-0.3, -0.25) is 19.3 Å². The molecular formula is C29H28N2O7. The quantitative estimate of drug-likeness (QED) is 0.262. The SMILES string of the molecule is COc1ccc(/C(O)=C2/C(=O)C(=O)N(c3ccc(CC(=O)O)cc3)C2c2ccc(N(C)C)cc2)cc1OC. The third-order valence-corrected chi connectivity index (χ3v) is 6.40. The fraction of sp³-hybridized carbons (Fsp3) is 0.207. The van der Waals surface area contributed by atoms with E-state index in [1.807, 2.05) is 31.1 Å². The molecule has 1 heterocycles. The van der Waals surface area contributed by atoms with Crippen molar-refractivity contribution in [2.45, 2.75) is 12.5 Å². The minimum Gasteiger partial charge on any atom is -0.507 e. The second kappa shape index (κ2) is 10.7. The molecule has 1 aliphatic heterocycles. The van der Waals surface area contributed by atoms with Crippen molar-refractivity contribution < 1.29 is 34.1 Å². The van der Waals surface area contributed by atoms with Gasteiger partial charge in [0.1, 0.15) is 5.76 Å². The van der Waals surface area contributed by atoms with Crippen LogP contribution < -0.4 is 19.3 Å². The number of nitrogens with zero attached hydrogens (tertiary/aromatic N) is 2. The minimum atomic E-state index is -0.978. The van der Waals surface area contributed by atoms with Crippen LogP contribution in [0.1, 0.15) is 22.7 Å². The predicted molar refractivity (Wildman–Crippen MR) is 143 cm³/mol. The third-order valence-electron chi connectivity index (χ3n) is 6.40. The van der Waals surface area contributed by atoms with E-state index in [1.165, 1.54) is 25.2 Å². The summed E-state index contributed by atoms with van der Waals surface area (Å²) >= 11 is 0. The monoisotopic (exact) mass is 516 g/mol. The molecule has 4 rings (SSSR count). The van der Waals surface area contributed by atoms with Crippen molar-refractivity contribution in [1.82, 2.24) is 0 Å². The van der Waals surface area contributed by atoms with Crippen LogP contribution in [0.25, 0.3) is 5.76 Å². The first-order valence-corrected chi connectivity index (χ1v) is 11.8. The molecule has 9 heteroatoms. The van der Waals surface area contributed by atoms with Gasteiger partial charge in [-0.1, -0.05) is 24.3 Å². The molecule has 0 radical (unpaired) electrons. The molecule has 1 amide bonds. The highest BCUT2D eigenvalue weighted by atomic mass is 16.5. The van der Waals surface area contributed by atoms with E-state index < -0.39 is 23.7 Å². The standard InChI is InChI=1S/C29H28N2O7/c1-30(2)20-12-7-18(8-13-20)26-25(27(34)19-9-14-22(37-3)23(16-19)38-4)28(35)29(36)31(26)21-10-5-17(6-11-21)15-24(32)33/h5-14,16,26,34H,15H2,1-4H3,(H,32,33)/b27-25-. The van der Waals surface area contributed by atoms with Crippen LogP contribution in [0.15, 0.2) is 72.3 Å². The molecule has 1 atom stereocenters. The Morgan fingerprint density at radius 2 is 1.53 bits per heavy atom. The summed E-state index contributed by atoms with van der Waals surface area (Å²) in [5.74, 6) is -2.17. The molecule has 0 aliphatic carbocycles. The van der Waals surface area contributed by atoms with Crippen LogP contribution in [0.4, 0.5) is 11.4 Å². The van der Waals surface area contributed by atoms with E-state index in [4.69, 9.17) is 14.6 Å². The number of ketones is 1. The molecule has 0 spiro atoms. The Labute approximate surface area is 220 Å². The number of Topliss-reactive ketones (excluding diaryl/α,β-unsaturated/α-hetero) is 1. The summed E-state index contributed by atoms with van der Waals surface area (Å²) in [6.45, 7) is 0. The summed E-state index contributed by atoms with van der Waals surface area (Å²) in [6.07, 6.45) is -0.173. The number of aliphatic carboxylic acids is 1. The van der Waals surface area contributed by atoms with Gasteiger partial charge in [-0.25, -0.2) is 0 Å². The fourth-order valence-corrected chi connectivity index (χ4v) is 4.46. The average Bonchev–Trinajstić information content (AvgIpc) is 3.18. The maximum absolute atomic E-state index is 13.4. The number of hydrogen-bond acceptors (Lipinski definition) is 7. The molecule has 0 bridgehead atoms. The maximum atomic E-state index is 13.4. The lowest BCUT2D eigenvalue weighted by Gasteiger charge is -2.26. The first-order chi connectivity index (χ1) is 18.2. The Kier molecular flexibility index (Phi) is 7.38. The van der Waals surface area contributed by atoms with E-state index in [9.17, 15) is 19.5 Å². The summed E-state index contributed by atoms with van der Waals surface area (Å²) in [7, 11) is 6.75. The molecule has 2 N–H and O–H groups in total. The van der Waals surface area contributed by atoms with Crippen LogP contribution in [0.2, 0.25) is 0 Å². The molecule has 3 aromatic carbocycles. The van der Waals surface area contributed by atoms with Crippen molar-refractivity contribution in [3.8, 4) is 11.5 Å². The van der Waals surface area contributed by atoms with Crippen LogP contribution in [0.3, 0.4) is 0 Å². The number of carbonyl (C=O) groups excluding carboxylic acids is 2. The molecule has 9 nitrogen and oxygen atoms in total. The zero-order valence-electron chi connectivity index (χ0n) is 21.5. The van der Waals surface area contributed by atoms with Gasteiger partial charge < -0.3 is 24.6 Å². The predicted octanol–water partition coefficient (Wildman–Crippen LogP) is 4.02. The molecule has 1 fully saturated rings. The lowest BCUT2D eigenvalue weighted by Crippen LogP contribution is -2.29. The Bertz CT molecular complexity index is 1410. The molecule has 0 saturated carbocycles. The molecule has 3 aromatic rings. The minimum absolute atomic E-state index is 0.0746. The van der Waals surface area contributed by atoms with Crippen molar-refractivity contribution in [3.63, 3.8) is 0 Å². The second-order valence-electron chi connectivity index (χ2n) is 8.96. The summed E-state index contributed by atoms with van der Waals surface area (Å²) in [6, 6.07) is 17.5. The number of carboxylic acids is 1. The zero-order valence-corrected chi connectivity index (χ0v) is 21.5. The Hall–Kier alpha value is -4.79. The summed E-state index contributed by atoms with van der Waals surface area (Å²) in [4.78, 5) is 41.1. The summed E-state index contributed by atoms with van der Waals surface area (Å²) in [5.41, 5.74) is 2.70. The van der Waals surface area contributed by atoms with Crippen molar-refractivity contribution in [1.29, 1.82) is 0 Å². The third kappa shape index (κ3) is 4.90. The number of carbonyl (C=O) groups is 3. The number of rotatable bonds is 8. The van der Waals surface area contributed by atoms with Crippen molar-refractivity contribution >= 4 is 34.8 Å². The van der Waals surface area contributed by atoms with E-state index in [-0.39, 0.29) is 23.3 Å². The molecule has 1 saturated heterocycles. The molecule has 196 valence electrons. The normalized spacial score (nSPS) is 16.4. The van der Waals surface area contributed by atoms with Gasteiger partial charge in [0.2, 0.25) is 0 Å². The largest absolute Gasteiger partial charge is 0.507 e. The van der Waals surface area contributed by atoms with Gasteiger partial charge in [-0.15, -0.1) is 0 Å². The van der Waals surface area contributed by atoms with Crippen LogP contribution in [-0.2, 0) is 20.8 Å². The van der Waals surface area contributed by atoms with Crippen molar-refractivity contribution in [2.24, 2.45) is 0 Å². The number of hydrogen-bond donors (Lipinski definition) is 2. The number of anilines is 2. The molecule has 1 unspecified atom stereocenters. The molecule has 1 aliphatic rings. The Morgan fingerprint density at radius 1 is 0.895 bits per heavy atom. The number of benzene rings is 3. The van der Waals surface area contributed by atoms with Crippen LogP contribution in [0, 0.1) is 0 Å². The molecule has 0 aromatic heterocycles. The number of aliphatic hydroxyl groups is 1. The number of ether oxygens (including phenoxy) is 2. The number of carboxylic acid groups (broad SMARTS) is 1. The van der Waals surface area contributed by atoms with Gasteiger partial charge >= 0.3 is 5.97 Å². The Morgan fingerprint density at radius 3 is 2.08 bits per heavy atom. The van der Waals surface area contributed by atoms with Gasteiger partial charge in [-0.05, 0) is 53.6 Å². The molecule has 38 heavy (non-hydrogen) atoms. The first-order valence-electron chi connectivity index (χ1n) is 11.8. The smallest absolute Gasteiger partial charge is 0.307 e. The van der Waals surface area contributed by atoms with Gasteiger partial charge in [0.05, 0.1) is 32.3 Å². The van der Waals surface area contributed by atoms with Gasteiger partial charge in [-0.2, -0.15) is 0 Å². The van der Waals surface area contributed by atoms with Crippen molar-refractivity contribution in [3.05, 3.63) is 89.0 Å². The topological polar surface area (TPSA) is 117 Å². The van der Waals surface area contributed by atoms with Crippen LogP contribution >= 0.6 is 0 Å². The van der Waals surface area contributed by atoms with Crippen molar-refractivity contribution in [2.75, 3.05) is 38.1 Å². The lowest BCUT2D eigenvalue weighted by atomic mass is 9.94. The molecular weight excluding hydrogens is 488 g/mol. The number of methoxy groups -OCH3 is 2. The Balaban J connectivity index is 1.89. The second-order valence-corrected chi connectivity index (χ2v) is 8.96. The highest BCUT2D eigenvalue weighted by Crippen LogP contribution is 2.43. The first kappa shape index (κ1) is 26.3. The zero-order chi connectivity index (χ0) is 27.6. The van der Waals surface area contributed by atoms with E-state index in [0.717, 1.165) is 5.69 Å². The van der Waals surface area contributed by atoms with E-state index in [0.29, 0.717) is 28.3 Å². The lowest BCUT2D eigenvalue weighted by molar-refractivity contribution is -0.136. The van der Waals surface area contributed by atoms with Crippen LogP contribution in [0.5, 0.6) is 11.5 Å². The van der Waals surface area contributed by atoms with E-state index >= 15 is 0 Å². The van der Waals surface area contributed by atoms with E-state index in [1.54, 1.807) is 48.5 Å². The summed E-state index contributed by atoms with van der Waals surface area (Å²) < 4.78 is 10.6. The van der Waals surface area contributed by atoms with Gasteiger partial charge in [0.15, 0.2) is 11.5 Å². The summed E-state index contributed by atoms with van der Waals surface area (Å²) in [5, 5.41) is 20.5. The average molecular weight is 517 g/mol.